The molecule has 0 aromatic heterocycles. The molecule has 0 aliphatic rings. The van der Waals surface area contributed by atoms with Gasteiger partial charge in [-0.1, -0.05) is 46.0 Å². The Morgan fingerprint density at radius 3 is 0.920 bits per heavy atom. The Labute approximate surface area is 173 Å². The maximum Gasteiger partial charge on any atom is 0.244 e. The summed E-state index contributed by atoms with van der Waals surface area (Å²) in [5.74, 6) is 0. The van der Waals surface area contributed by atoms with E-state index in [-0.39, 0.29) is 24.2 Å². The summed E-state index contributed by atoms with van der Waals surface area (Å²) in [7, 11) is -4.94. The van der Waals surface area contributed by atoms with Crippen molar-refractivity contribution in [2.45, 2.75) is 83.1 Å². The fraction of sp³-hybridized carbons (Fsp3) is 1.00. The van der Waals surface area contributed by atoms with Crippen molar-refractivity contribution < 1.29 is 28.9 Å². The van der Waals surface area contributed by atoms with E-state index < -0.39 is 20.7 Å². The van der Waals surface area contributed by atoms with E-state index in [1.807, 2.05) is 0 Å². The third-order valence-electron chi connectivity index (χ3n) is 3.05. The van der Waals surface area contributed by atoms with Crippen molar-refractivity contribution in [2.75, 3.05) is 0 Å². The molecule has 0 atom stereocenters. The molecule has 0 unspecified atom stereocenters. The molecule has 0 aromatic carbocycles. The second-order valence-corrected chi connectivity index (χ2v) is 14.4. The zero-order chi connectivity index (χ0) is 21.0. The van der Waals surface area contributed by atoms with E-state index >= 15 is 0 Å². The first-order chi connectivity index (χ1) is 10.8. The van der Waals surface area contributed by atoms with Gasteiger partial charge < -0.3 is 0 Å². The molecule has 155 valence electrons. The Bertz CT molecular complexity index is 348. The molecule has 0 aliphatic heterocycles. The molecule has 25 heavy (non-hydrogen) atoms. The van der Waals surface area contributed by atoms with Crippen LogP contribution in [0.5, 0.6) is 0 Å². The van der Waals surface area contributed by atoms with Crippen LogP contribution in [0, 0.1) is 10.2 Å². The highest BCUT2D eigenvalue weighted by atomic mass is 35.7. The van der Waals surface area contributed by atoms with Crippen LogP contribution < -0.4 is 18.6 Å². The van der Waals surface area contributed by atoms with Gasteiger partial charge in [0, 0.05) is 24.2 Å². The van der Waals surface area contributed by atoms with Gasteiger partial charge in [0.05, 0.1) is 0 Å². The zero-order valence-electron chi connectivity index (χ0n) is 15.7. The molecule has 0 aromatic rings. The SMILES string of the molecule is CC(C)N(C(C)C)[P](Cl)(N(C(C)C)C(C)C)C(Cl)(Cl)Cl.[O-][Cl+3]([O-])([O-])[O-]. The van der Waals surface area contributed by atoms with Crippen LogP contribution in [0.25, 0.3) is 0 Å². The molecule has 0 heterocycles. The molecule has 1 radical (unpaired) electrons. The van der Waals surface area contributed by atoms with Crippen LogP contribution in [0.15, 0.2) is 0 Å². The molecule has 0 fully saturated rings. The Morgan fingerprint density at radius 1 is 0.680 bits per heavy atom. The molecule has 12 heteroatoms. The summed E-state index contributed by atoms with van der Waals surface area (Å²) in [5, 5.41) is 0. The van der Waals surface area contributed by atoms with Crippen LogP contribution in [0.1, 0.15) is 55.4 Å². The molecule has 0 saturated carbocycles. The molecule has 0 saturated heterocycles. The van der Waals surface area contributed by atoms with Crippen LogP contribution in [-0.2, 0) is 0 Å². The van der Waals surface area contributed by atoms with Crippen LogP contribution in [0.2, 0.25) is 0 Å². The zero-order valence-corrected chi connectivity index (χ0v) is 20.3. The average molecular weight is 485 g/mol. The van der Waals surface area contributed by atoms with E-state index in [1.54, 1.807) is 0 Å². The van der Waals surface area contributed by atoms with Gasteiger partial charge in [-0.05, 0) is 55.4 Å². The van der Waals surface area contributed by atoms with Crippen molar-refractivity contribution in [1.82, 2.24) is 9.34 Å². The second-order valence-electron chi connectivity index (χ2n) is 6.51. The monoisotopic (exact) mass is 482 g/mol. The number of hydrogen-bond acceptors (Lipinski definition) is 6. The smallest absolute Gasteiger partial charge is 0.244 e. The van der Waals surface area contributed by atoms with Gasteiger partial charge in [0.25, 0.3) is 0 Å². The summed E-state index contributed by atoms with van der Waals surface area (Å²) in [6.45, 7) is 14.1. The molecule has 0 N–H and O–H groups in total. The first kappa shape index (κ1) is 28.8. The lowest BCUT2D eigenvalue weighted by Crippen LogP contribution is -2.68. The van der Waals surface area contributed by atoms with Gasteiger partial charge in [0.1, 0.15) is 6.92 Å². The van der Waals surface area contributed by atoms with Crippen molar-refractivity contribution in [3.05, 3.63) is 0 Å². The van der Waals surface area contributed by atoms with Crippen molar-refractivity contribution >= 4 is 53.0 Å². The van der Waals surface area contributed by atoms with Crippen LogP contribution in [0.4, 0.5) is 0 Å². The number of hydrogen-bond donors (Lipinski definition) is 0. The van der Waals surface area contributed by atoms with Crippen molar-refractivity contribution in [3.8, 4) is 0 Å². The second kappa shape index (κ2) is 11.0. The highest BCUT2D eigenvalue weighted by molar-refractivity contribution is 8.00. The quantitative estimate of drug-likeness (QED) is 0.421. The van der Waals surface area contributed by atoms with Crippen LogP contribution in [0.3, 0.4) is 0 Å². The largest absolute Gasteiger partial charge is 0.255 e. The minimum Gasteiger partial charge on any atom is -0.255 e. The van der Waals surface area contributed by atoms with Crippen molar-refractivity contribution in [1.29, 1.82) is 0 Å². The molecular formula is C13H28Cl5N2O4P-. The van der Waals surface area contributed by atoms with Gasteiger partial charge in [-0.25, -0.2) is 18.6 Å². The van der Waals surface area contributed by atoms with E-state index in [9.17, 15) is 0 Å². The van der Waals surface area contributed by atoms with E-state index in [0.717, 1.165) is 0 Å². The van der Waals surface area contributed by atoms with E-state index in [0.29, 0.717) is 0 Å². The number of halogens is 5. The Balaban J connectivity index is 0. The maximum absolute atomic E-state index is 8.49. The summed E-state index contributed by atoms with van der Waals surface area (Å²) < 4.78 is 36.8. The summed E-state index contributed by atoms with van der Waals surface area (Å²) in [6, 6.07) is 0.765. The van der Waals surface area contributed by atoms with Gasteiger partial charge in [0.2, 0.25) is 3.53 Å². The topological polar surface area (TPSA) is 98.7 Å². The van der Waals surface area contributed by atoms with Gasteiger partial charge >= 0.3 is 0 Å². The predicted octanol–water partition coefficient (Wildman–Crippen LogP) is 1.80. The fourth-order valence-corrected chi connectivity index (χ4v) is 9.67. The highest BCUT2D eigenvalue weighted by Crippen LogP contribution is 2.83. The lowest BCUT2D eigenvalue weighted by Gasteiger charge is -2.57. The fourth-order valence-electron chi connectivity index (χ4n) is 2.80. The van der Waals surface area contributed by atoms with E-state index in [1.165, 1.54) is 0 Å². The maximum atomic E-state index is 8.49. The molecule has 0 aliphatic carbocycles. The van der Waals surface area contributed by atoms with Crippen LogP contribution >= 0.6 is 53.0 Å². The number of nitrogens with zero attached hydrogens (tertiary/aromatic N) is 2. The predicted molar refractivity (Wildman–Crippen MR) is 97.3 cm³/mol. The first-order valence-electron chi connectivity index (χ1n) is 7.63. The van der Waals surface area contributed by atoms with Gasteiger partial charge in [-0.3, -0.25) is 9.34 Å². The summed E-state index contributed by atoms with van der Waals surface area (Å²) >= 11 is 26.2. The third kappa shape index (κ3) is 9.60. The molecule has 6 nitrogen and oxygen atoms in total. The molecular weight excluding hydrogens is 456 g/mol. The third-order valence-corrected chi connectivity index (χ3v) is 11.5. The lowest BCUT2D eigenvalue weighted by molar-refractivity contribution is -2.00. The van der Waals surface area contributed by atoms with Crippen LogP contribution in [-0.4, -0.2) is 37.0 Å². The minimum absolute atomic E-state index is 0.191. The van der Waals surface area contributed by atoms with Crippen molar-refractivity contribution in [3.63, 3.8) is 0 Å². The molecule has 0 amide bonds. The van der Waals surface area contributed by atoms with E-state index in [2.05, 4.69) is 64.7 Å². The van der Waals surface area contributed by atoms with Gasteiger partial charge in [-0.15, -0.1) is 10.2 Å². The van der Waals surface area contributed by atoms with Gasteiger partial charge in [-0.2, -0.15) is 0 Å². The molecule has 0 bridgehead atoms. The minimum atomic E-state index is -4.94. The lowest BCUT2D eigenvalue weighted by atomic mass is 10.3. The van der Waals surface area contributed by atoms with Gasteiger partial charge in [0.15, 0.2) is 0 Å². The average Bonchev–Trinajstić information content (AvgIpc) is 2.21. The molecule has 0 spiro atoms. The normalized spacial score (nSPS) is 14.2. The first-order valence-corrected chi connectivity index (χ1v) is 12.6. The van der Waals surface area contributed by atoms with Crippen molar-refractivity contribution in [2.24, 2.45) is 0 Å². The number of alkyl halides is 3. The standard InChI is InChI=1S/C13H28Cl4N2P.ClHO4/c1-9(2)18(10(3)4)20(17,13(14,15)16)19(11(5)6)12(7)8;2-1(3,4)5/h9-12H,1-8H3;(H,2,3,4,5)/p-1. The number of rotatable bonds is 6. The summed E-state index contributed by atoms with van der Waals surface area (Å²) in [6.07, 6.45) is 0. The Morgan fingerprint density at radius 2 is 0.840 bits per heavy atom. The molecule has 0 rings (SSSR count). The Kier molecular flexibility index (Phi) is 12.7. The van der Waals surface area contributed by atoms with E-state index in [4.69, 9.17) is 64.7 Å². The Hall–Kier alpha value is 1.64. The summed E-state index contributed by atoms with van der Waals surface area (Å²) in [5.41, 5.74) is 0. The summed E-state index contributed by atoms with van der Waals surface area (Å²) in [4.78, 5) is 0. The highest BCUT2D eigenvalue weighted by Gasteiger charge is 2.56.